The lowest BCUT2D eigenvalue weighted by atomic mass is 10.1. The third kappa shape index (κ3) is 5.26. The van der Waals surface area contributed by atoms with Crippen molar-refractivity contribution in [1.29, 1.82) is 0 Å². The van der Waals surface area contributed by atoms with Gasteiger partial charge < -0.3 is 4.90 Å². The highest BCUT2D eigenvalue weighted by atomic mass is 32.2. The summed E-state index contributed by atoms with van der Waals surface area (Å²) in [4.78, 5) is 44.0. The Hall–Kier alpha value is -3.39. The Labute approximate surface area is 190 Å². The monoisotopic (exact) mass is 448 g/mol. The first-order chi connectivity index (χ1) is 15.5. The summed E-state index contributed by atoms with van der Waals surface area (Å²) in [5.41, 5.74) is 7.94. The van der Waals surface area contributed by atoms with Crippen LogP contribution in [0.3, 0.4) is 0 Å². The largest absolute Gasteiger partial charge is 0.338 e. The van der Waals surface area contributed by atoms with Crippen LogP contribution in [0.25, 0.3) is 10.9 Å². The topological polar surface area (TPSA) is 91.4 Å². The van der Waals surface area contributed by atoms with Crippen molar-refractivity contribution in [1.82, 2.24) is 20.7 Å². The van der Waals surface area contributed by atoms with E-state index in [-0.39, 0.29) is 29.9 Å². The van der Waals surface area contributed by atoms with E-state index < -0.39 is 5.92 Å². The summed E-state index contributed by atoms with van der Waals surface area (Å²) in [5, 5.41) is 1.01. The second-order valence-electron chi connectivity index (χ2n) is 7.82. The standard InChI is InChI=1S/C24H24N4O3S/c1-16-7-9-17(10-8-16)13-28-14-19(12-22(28)30)24(31)27-26-21(29)15-32-20-6-2-4-18-5-3-11-25-23(18)20/h2-11,19H,12-15H2,1H3,(H,26,29)(H,27,31). The van der Waals surface area contributed by atoms with Gasteiger partial charge in [0, 0.05) is 36.0 Å². The smallest absolute Gasteiger partial charge is 0.248 e. The molecule has 3 amide bonds. The van der Waals surface area contributed by atoms with E-state index in [0.29, 0.717) is 13.1 Å². The van der Waals surface area contributed by atoms with Crippen molar-refractivity contribution in [3.8, 4) is 0 Å². The van der Waals surface area contributed by atoms with Crippen molar-refractivity contribution in [2.24, 2.45) is 5.92 Å². The fraction of sp³-hybridized carbons (Fsp3) is 0.250. The molecule has 0 bridgehead atoms. The van der Waals surface area contributed by atoms with Gasteiger partial charge >= 0.3 is 0 Å². The van der Waals surface area contributed by atoms with Gasteiger partial charge in [-0.15, -0.1) is 11.8 Å². The summed E-state index contributed by atoms with van der Waals surface area (Å²) >= 11 is 1.36. The van der Waals surface area contributed by atoms with Gasteiger partial charge in [-0.1, -0.05) is 48.0 Å². The molecular formula is C24H24N4O3S. The van der Waals surface area contributed by atoms with Gasteiger partial charge in [0.2, 0.25) is 17.7 Å². The fourth-order valence-electron chi connectivity index (χ4n) is 3.62. The van der Waals surface area contributed by atoms with Crippen LogP contribution in [0.4, 0.5) is 0 Å². The SMILES string of the molecule is Cc1ccc(CN2CC(C(=O)NNC(=O)CSc3cccc4cccnc34)CC2=O)cc1. The van der Waals surface area contributed by atoms with Crippen LogP contribution in [0, 0.1) is 12.8 Å². The van der Waals surface area contributed by atoms with Crippen LogP contribution in [0.15, 0.2) is 65.7 Å². The fourth-order valence-corrected chi connectivity index (χ4v) is 4.46. The van der Waals surface area contributed by atoms with Crippen molar-refractivity contribution in [2.45, 2.75) is 24.8 Å². The molecule has 1 aliphatic rings. The highest BCUT2D eigenvalue weighted by Gasteiger charge is 2.34. The Morgan fingerprint density at radius 1 is 1.09 bits per heavy atom. The maximum Gasteiger partial charge on any atom is 0.248 e. The summed E-state index contributed by atoms with van der Waals surface area (Å²) in [6.45, 7) is 2.83. The molecule has 1 fully saturated rings. The first-order valence-electron chi connectivity index (χ1n) is 10.4. The lowest BCUT2D eigenvalue weighted by molar-refractivity contribution is -0.130. The molecule has 1 unspecified atom stereocenters. The number of hydrazine groups is 1. The molecule has 164 valence electrons. The van der Waals surface area contributed by atoms with Crippen LogP contribution in [0.2, 0.25) is 0 Å². The number of nitrogens with one attached hydrogen (secondary N) is 2. The zero-order valence-corrected chi connectivity index (χ0v) is 18.5. The predicted octanol–water partition coefficient (Wildman–Crippen LogP) is 2.83. The first-order valence-corrected chi connectivity index (χ1v) is 11.4. The van der Waals surface area contributed by atoms with Crippen LogP contribution in [-0.2, 0) is 20.9 Å². The van der Waals surface area contributed by atoms with Crippen LogP contribution < -0.4 is 10.9 Å². The number of fused-ring (bicyclic) bond motifs is 1. The van der Waals surface area contributed by atoms with E-state index in [1.807, 2.05) is 61.5 Å². The molecular weight excluding hydrogens is 424 g/mol. The van der Waals surface area contributed by atoms with Gasteiger partial charge in [0.1, 0.15) is 0 Å². The minimum atomic E-state index is -0.483. The second-order valence-corrected chi connectivity index (χ2v) is 8.84. The van der Waals surface area contributed by atoms with Gasteiger partial charge in [-0.25, -0.2) is 0 Å². The van der Waals surface area contributed by atoms with E-state index in [4.69, 9.17) is 0 Å². The van der Waals surface area contributed by atoms with Gasteiger partial charge in [-0.05, 0) is 24.6 Å². The Balaban J connectivity index is 1.25. The summed E-state index contributed by atoms with van der Waals surface area (Å²) in [6.07, 6.45) is 1.86. The highest BCUT2D eigenvalue weighted by Crippen LogP contribution is 2.26. The summed E-state index contributed by atoms with van der Waals surface area (Å²) in [5.74, 6) is -1.08. The molecule has 1 saturated heterocycles. The highest BCUT2D eigenvalue weighted by molar-refractivity contribution is 8.00. The molecule has 0 aliphatic carbocycles. The number of amides is 3. The number of pyridine rings is 1. The van der Waals surface area contributed by atoms with Crippen LogP contribution in [0.1, 0.15) is 17.5 Å². The van der Waals surface area contributed by atoms with E-state index in [2.05, 4.69) is 15.8 Å². The number of thioether (sulfide) groups is 1. The van der Waals surface area contributed by atoms with E-state index in [0.717, 1.165) is 26.9 Å². The molecule has 3 aromatic rings. The molecule has 1 aromatic heterocycles. The van der Waals surface area contributed by atoms with Crippen molar-refractivity contribution >= 4 is 40.4 Å². The number of carbonyl (C=O) groups is 3. The van der Waals surface area contributed by atoms with Crippen LogP contribution >= 0.6 is 11.8 Å². The van der Waals surface area contributed by atoms with Gasteiger partial charge in [-0.2, -0.15) is 0 Å². The third-order valence-corrected chi connectivity index (χ3v) is 6.41. The van der Waals surface area contributed by atoms with E-state index in [9.17, 15) is 14.4 Å². The van der Waals surface area contributed by atoms with Crippen molar-refractivity contribution in [3.05, 3.63) is 71.9 Å². The number of nitrogens with zero attached hydrogens (tertiary/aromatic N) is 2. The number of aryl methyl sites for hydroxylation is 1. The molecule has 8 heteroatoms. The number of carbonyl (C=O) groups excluding carboxylic acids is 3. The number of aromatic nitrogens is 1. The number of para-hydroxylation sites is 1. The quantitative estimate of drug-likeness (QED) is 0.447. The Morgan fingerprint density at radius 2 is 1.88 bits per heavy atom. The molecule has 0 spiro atoms. The summed E-state index contributed by atoms with van der Waals surface area (Å²) in [6, 6.07) is 17.6. The summed E-state index contributed by atoms with van der Waals surface area (Å²) < 4.78 is 0. The average molecular weight is 449 g/mol. The first kappa shape index (κ1) is 21.8. The minimum absolute atomic E-state index is 0.0592. The molecule has 2 aromatic carbocycles. The van der Waals surface area contributed by atoms with Crippen LogP contribution in [0.5, 0.6) is 0 Å². The molecule has 2 N–H and O–H groups in total. The number of hydrogen-bond acceptors (Lipinski definition) is 5. The van der Waals surface area contributed by atoms with Gasteiger partial charge in [0.25, 0.3) is 0 Å². The maximum absolute atomic E-state index is 12.5. The van der Waals surface area contributed by atoms with E-state index in [1.165, 1.54) is 11.8 Å². The Morgan fingerprint density at radius 3 is 2.69 bits per heavy atom. The molecule has 32 heavy (non-hydrogen) atoms. The molecule has 2 heterocycles. The number of likely N-dealkylation sites (tertiary alicyclic amines) is 1. The molecule has 0 saturated carbocycles. The van der Waals surface area contributed by atoms with Gasteiger partial charge in [-0.3, -0.25) is 30.2 Å². The predicted molar refractivity (Wildman–Crippen MR) is 123 cm³/mol. The Bertz CT molecular complexity index is 1140. The Kier molecular flexibility index (Phi) is 6.70. The molecule has 4 rings (SSSR count). The normalized spacial score (nSPS) is 15.7. The number of rotatable bonds is 6. The zero-order valence-electron chi connectivity index (χ0n) is 17.7. The second kappa shape index (κ2) is 9.82. The van der Waals surface area contributed by atoms with Crippen molar-refractivity contribution in [2.75, 3.05) is 12.3 Å². The minimum Gasteiger partial charge on any atom is -0.338 e. The molecule has 7 nitrogen and oxygen atoms in total. The lowest BCUT2D eigenvalue weighted by Crippen LogP contribution is -2.45. The van der Waals surface area contributed by atoms with Crippen molar-refractivity contribution in [3.63, 3.8) is 0 Å². The molecule has 1 atom stereocenters. The van der Waals surface area contributed by atoms with Crippen LogP contribution in [-0.4, -0.2) is 39.9 Å². The maximum atomic E-state index is 12.5. The number of hydrogen-bond donors (Lipinski definition) is 2. The van der Waals surface area contributed by atoms with Gasteiger partial charge in [0.05, 0.1) is 17.2 Å². The molecule has 1 aliphatic heterocycles. The van der Waals surface area contributed by atoms with E-state index >= 15 is 0 Å². The van der Waals surface area contributed by atoms with E-state index in [1.54, 1.807) is 11.1 Å². The number of benzene rings is 2. The van der Waals surface area contributed by atoms with Gasteiger partial charge in [0.15, 0.2) is 0 Å². The molecule has 0 radical (unpaired) electrons. The summed E-state index contributed by atoms with van der Waals surface area (Å²) in [7, 11) is 0. The van der Waals surface area contributed by atoms with Crippen molar-refractivity contribution < 1.29 is 14.4 Å². The third-order valence-electron chi connectivity index (χ3n) is 5.36. The zero-order chi connectivity index (χ0) is 22.5. The lowest BCUT2D eigenvalue weighted by Gasteiger charge is -2.17. The average Bonchev–Trinajstić information content (AvgIpc) is 3.17.